The van der Waals surface area contributed by atoms with E-state index in [0.717, 1.165) is 5.56 Å². The van der Waals surface area contributed by atoms with Crippen LogP contribution in [0, 0.1) is 0 Å². The third kappa shape index (κ3) is 1.91. The number of rotatable bonds is 3. The van der Waals surface area contributed by atoms with Crippen molar-refractivity contribution in [2.45, 2.75) is 6.04 Å². The van der Waals surface area contributed by atoms with E-state index in [1.54, 1.807) is 0 Å². The number of amides is 1. The summed E-state index contributed by atoms with van der Waals surface area (Å²) in [5.41, 5.74) is 11.7. The Morgan fingerprint density at radius 1 is 1.31 bits per heavy atom. The molecule has 0 aliphatic rings. The summed E-state index contributed by atoms with van der Waals surface area (Å²) in [4.78, 5) is 14.6. The number of aromatic nitrogens is 2. The van der Waals surface area contributed by atoms with Gasteiger partial charge in [-0.1, -0.05) is 35.5 Å². The average Bonchev–Trinajstić information content (AvgIpc) is 2.78. The predicted octanol–water partition coefficient (Wildman–Crippen LogP) is 0.217. The smallest absolute Gasteiger partial charge is 0.315 e. The molecule has 16 heavy (non-hydrogen) atoms. The summed E-state index contributed by atoms with van der Waals surface area (Å²) in [6, 6.07) is 8.73. The molecule has 0 saturated heterocycles. The van der Waals surface area contributed by atoms with E-state index < -0.39 is 11.9 Å². The second kappa shape index (κ2) is 4.11. The minimum atomic E-state index is -0.765. The summed E-state index contributed by atoms with van der Waals surface area (Å²) < 4.78 is 4.65. The Hall–Kier alpha value is -2.21. The highest BCUT2D eigenvalue weighted by molar-refractivity contribution is 5.87. The molecule has 2 rings (SSSR count). The molecule has 1 aromatic carbocycles. The van der Waals surface area contributed by atoms with Gasteiger partial charge in [0, 0.05) is 0 Å². The molecule has 6 heteroatoms. The monoisotopic (exact) mass is 218 g/mol. The molecule has 1 aromatic heterocycles. The van der Waals surface area contributed by atoms with Gasteiger partial charge in [-0.3, -0.25) is 4.79 Å². The van der Waals surface area contributed by atoms with Crippen LogP contribution in [0.5, 0.6) is 0 Å². The van der Waals surface area contributed by atoms with E-state index in [2.05, 4.69) is 14.7 Å². The predicted molar refractivity (Wildman–Crippen MR) is 55.3 cm³/mol. The van der Waals surface area contributed by atoms with Crippen LogP contribution in [0.1, 0.15) is 28.1 Å². The fourth-order valence-corrected chi connectivity index (χ4v) is 1.27. The van der Waals surface area contributed by atoms with Crippen LogP contribution in [-0.4, -0.2) is 16.0 Å². The fourth-order valence-electron chi connectivity index (χ4n) is 1.27. The van der Waals surface area contributed by atoms with Gasteiger partial charge in [-0.25, -0.2) is 0 Å². The largest absolute Gasteiger partial charge is 0.361 e. The Labute approximate surface area is 91.2 Å². The van der Waals surface area contributed by atoms with E-state index in [4.69, 9.17) is 11.5 Å². The van der Waals surface area contributed by atoms with Crippen molar-refractivity contribution in [1.82, 2.24) is 10.1 Å². The van der Waals surface area contributed by atoms with Gasteiger partial charge in [0.25, 0.3) is 0 Å². The molecule has 1 heterocycles. The van der Waals surface area contributed by atoms with Crippen LogP contribution in [0.25, 0.3) is 0 Å². The molecule has 82 valence electrons. The first kappa shape index (κ1) is 10.3. The van der Waals surface area contributed by atoms with E-state index in [1.807, 2.05) is 30.3 Å². The molecule has 0 aliphatic carbocycles. The van der Waals surface area contributed by atoms with Gasteiger partial charge in [-0.2, -0.15) is 4.98 Å². The van der Waals surface area contributed by atoms with Crippen molar-refractivity contribution < 1.29 is 9.32 Å². The normalized spacial score (nSPS) is 12.3. The van der Waals surface area contributed by atoms with Crippen LogP contribution >= 0.6 is 0 Å². The van der Waals surface area contributed by atoms with Gasteiger partial charge in [0.1, 0.15) is 0 Å². The highest BCUT2D eigenvalue weighted by atomic mass is 16.5. The molecule has 1 unspecified atom stereocenters. The number of hydrogen-bond donors (Lipinski definition) is 2. The molecule has 0 bridgehead atoms. The lowest BCUT2D eigenvalue weighted by molar-refractivity contribution is 0.0958. The van der Waals surface area contributed by atoms with Crippen molar-refractivity contribution in [3.63, 3.8) is 0 Å². The molecule has 0 fully saturated rings. The zero-order valence-corrected chi connectivity index (χ0v) is 8.33. The van der Waals surface area contributed by atoms with Gasteiger partial charge >= 0.3 is 11.8 Å². The average molecular weight is 218 g/mol. The lowest BCUT2D eigenvalue weighted by atomic mass is 10.1. The molecule has 0 spiro atoms. The lowest BCUT2D eigenvalue weighted by Gasteiger charge is -2.05. The SMILES string of the molecule is NC(=O)c1nc(C(N)c2ccccc2)no1. The molecule has 1 atom stereocenters. The third-order valence-corrected chi connectivity index (χ3v) is 2.09. The maximum atomic E-state index is 10.8. The summed E-state index contributed by atoms with van der Waals surface area (Å²) in [7, 11) is 0. The maximum absolute atomic E-state index is 10.8. The number of primary amides is 1. The van der Waals surface area contributed by atoms with E-state index in [1.165, 1.54) is 0 Å². The van der Waals surface area contributed by atoms with Crippen molar-refractivity contribution in [2.24, 2.45) is 11.5 Å². The van der Waals surface area contributed by atoms with Gasteiger partial charge in [0.2, 0.25) is 0 Å². The number of nitrogens with zero attached hydrogens (tertiary/aromatic N) is 2. The first-order valence-electron chi connectivity index (χ1n) is 4.62. The van der Waals surface area contributed by atoms with Crippen molar-refractivity contribution in [3.8, 4) is 0 Å². The van der Waals surface area contributed by atoms with Crippen LogP contribution in [-0.2, 0) is 0 Å². The number of carbonyl (C=O) groups excluding carboxylic acids is 1. The molecule has 0 radical (unpaired) electrons. The molecule has 1 amide bonds. The number of hydrogen-bond acceptors (Lipinski definition) is 5. The Morgan fingerprint density at radius 2 is 2.00 bits per heavy atom. The Bertz CT molecular complexity index is 495. The van der Waals surface area contributed by atoms with Gasteiger partial charge in [0.05, 0.1) is 6.04 Å². The second-order valence-electron chi connectivity index (χ2n) is 3.21. The minimum absolute atomic E-state index is 0.235. The molecule has 2 aromatic rings. The van der Waals surface area contributed by atoms with E-state index in [9.17, 15) is 4.79 Å². The van der Waals surface area contributed by atoms with E-state index >= 15 is 0 Å². The topological polar surface area (TPSA) is 108 Å². The van der Waals surface area contributed by atoms with Gasteiger partial charge in [-0.15, -0.1) is 0 Å². The van der Waals surface area contributed by atoms with Crippen LogP contribution in [0.4, 0.5) is 0 Å². The van der Waals surface area contributed by atoms with Crippen LogP contribution < -0.4 is 11.5 Å². The Kier molecular flexibility index (Phi) is 2.65. The van der Waals surface area contributed by atoms with Crippen LogP contribution in [0.15, 0.2) is 34.9 Å². The third-order valence-electron chi connectivity index (χ3n) is 2.09. The molecular weight excluding hydrogens is 208 g/mol. The quantitative estimate of drug-likeness (QED) is 0.765. The van der Waals surface area contributed by atoms with Crippen molar-refractivity contribution >= 4 is 5.91 Å². The van der Waals surface area contributed by atoms with Crippen LogP contribution in [0.3, 0.4) is 0 Å². The summed E-state index contributed by atoms with van der Waals surface area (Å²) in [5.74, 6) is -0.764. The minimum Gasteiger partial charge on any atom is -0.361 e. The summed E-state index contributed by atoms with van der Waals surface area (Å²) in [5, 5.41) is 3.60. The van der Waals surface area contributed by atoms with Crippen molar-refractivity contribution in [2.75, 3.05) is 0 Å². The van der Waals surface area contributed by atoms with E-state index in [0.29, 0.717) is 0 Å². The van der Waals surface area contributed by atoms with Gasteiger partial charge < -0.3 is 16.0 Å². The number of carbonyl (C=O) groups is 1. The van der Waals surface area contributed by atoms with Gasteiger partial charge in [0.15, 0.2) is 5.82 Å². The number of nitrogens with two attached hydrogens (primary N) is 2. The van der Waals surface area contributed by atoms with E-state index in [-0.39, 0.29) is 11.7 Å². The summed E-state index contributed by atoms with van der Waals surface area (Å²) in [6.45, 7) is 0. The molecular formula is C10H10N4O2. The standard InChI is InChI=1S/C10H10N4O2/c11-7(6-4-2-1-3-5-6)9-13-10(8(12)15)16-14-9/h1-5,7H,11H2,(H2,12,15). The maximum Gasteiger partial charge on any atom is 0.315 e. The molecule has 0 aliphatic heterocycles. The zero-order chi connectivity index (χ0) is 11.5. The zero-order valence-electron chi connectivity index (χ0n) is 8.33. The van der Waals surface area contributed by atoms with Crippen molar-refractivity contribution in [1.29, 1.82) is 0 Å². The lowest BCUT2D eigenvalue weighted by Crippen LogP contribution is -2.15. The molecule has 4 N–H and O–H groups in total. The highest BCUT2D eigenvalue weighted by Crippen LogP contribution is 2.15. The summed E-state index contributed by atoms with van der Waals surface area (Å²) >= 11 is 0. The Morgan fingerprint density at radius 3 is 2.56 bits per heavy atom. The first-order chi connectivity index (χ1) is 7.68. The summed E-state index contributed by atoms with van der Waals surface area (Å²) in [6.07, 6.45) is 0. The Balaban J connectivity index is 2.27. The number of benzene rings is 1. The van der Waals surface area contributed by atoms with Crippen LogP contribution in [0.2, 0.25) is 0 Å². The molecule has 0 saturated carbocycles. The first-order valence-corrected chi connectivity index (χ1v) is 4.62. The fraction of sp³-hybridized carbons (Fsp3) is 0.100. The van der Waals surface area contributed by atoms with Crippen molar-refractivity contribution in [3.05, 3.63) is 47.6 Å². The second-order valence-corrected chi connectivity index (χ2v) is 3.21. The van der Waals surface area contributed by atoms with Gasteiger partial charge in [-0.05, 0) is 5.56 Å². The highest BCUT2D eigenvalue weighted by Gasteiger charge is 2.18. The molecule has 6 nitrogen and oxygen atoms in total.